The smallest absolute Gasteiger partial charge is 0.131 e. The van der Waals surface area contributed by atoms with Crippen LogP contribution >= 0.6 is 27.3 Å². The van der Waals surface area contributed by atoms with Crippen molar-refractivity contribution in [1.82, 2.24) is 4.98 Å². The topological polar surface area (TPSA) is 42.4 Å². The highest BCUT2D eigenvalue weighted by molar-refractivity contribution is 9.10. The molecule has 0 spiro atoms. The van der Waals surface area contributed by atoms with Gasteiger partial charge in [-0.3, -0.25) is 0 Å². The normalized spacial score (nSPS) is 12.7. The molecule has 0 bridgehead atoms. The number of nitrogens with zero attached hydrogens (tertiary/aromatic N) is 1. The van der Waals surface area contributed by atoms with E-state index >= 15 is 0 Å². The lowest BCUT2D eigenvalue weighted by atomic mass is 10.1. The number of rotatable bonds is 5. The van der Waals surface area contributed by atoms with Crippen LogP contribution in [0.4, 0.5) is 0 Å². The lowest BCUT2D eigenvalue weighted by Gasteiger charge is -2.13. The fraction of sp³-hybridized carbons (Fsp3) is 0.400. The average Bonchev–Trinajstić information content (AvgIpc) is 2.86. The third-order valence-electron chi connectivity index (χ3n) is 2.86. The predicted molar refractivity (Wildman–Crippen MR) is 85.3 cm³/mol. The maximum atomic E-state index is 9.79. The number of ether oxygens (including phenoxy) is 1. The second kappa shape index (κ2) is 6.70. The van der Waals surface area contributed by atoms with Gasteiger partial charge >= 0.3 is 0 Å². The summed E-state index contributed by atoms with van der Waals surface area (Å²) < 4.78 is 6.72. The maximum Gasteiger partial charge on any atom is 0.131 e. The fourth-order valence-corrected chi connectivity index (χ4v) is 2.98. The van der Waals surface area contributed by atoms with Crippen molar-refractivity contribution in [2.45, 2.75) is 39.4 Å². The minimum Gasteiger partial charge on any atom is -0.487 e. The third-order valence-corrected chi connectivity index (χ3v) is 4.55. The van der Waals surface area contributed by atoms with Gasteiger partial charge in [0.25, 0.3) is 0 Å². The van der Waals surface area contributed by atoms with E-state index in [1.165, 1.54) is 0 Å². The Kier molecular flexibility index (Phi) is 5.18. The molecule has 2 aromatic rings. The van der Waals surface area contributed by atoms with Gasteiger partial charge in [-0.15, -0.1) is 11.3 Å². The molecule has 1 N–H and O–H groups in total. The zero-order chi connectivity index (χ0) is 14.7. The van der Waals surface area contributed by atoms with E-state index in [0.717, 1.165) is 20.7 Å². The van der Waals surface area contributed by atoms with Crippen LogP contribution in [-0.4, -0.2) is 10.1 Å². The lowest BCUT2D eigenvalue weighted by molar-refractivity contribution is 0.189. The van der Waals surface area contributed by atoms with E-state index in [9.17, 15) is 5.11 Å². The second-order valence-corrected chi connectivity index (χ2v) is 6.78. The molecule has 0 unspecified atom stereocenters. The van der Waals surface area contributed by atoms with Crippen LogP contribution in [0.5, 0.6) is 5.75 Å². The first-order valence-corrected chi connectivity index (χ1v) is 8.19. The first-order chi connectivity index (χ1) is 9.47. The van der Waals surface area contributed by atoms with Crippen LogP contribution in [0, 0.1) is 0 Å². The van der Waals surface area contributed by atoms with Gasteiger partial charge in [0.05, 0.1) is 16.8 Å². The van der Waals surface area contributed by atoms with Gasteiger partial charge in [0.1, 0.15) is 12.4 Å². The van der Waals surface area contributed by atoms with E-state index in [0.29, 0.717) is 18.3 Å². The van der Waals surface area contributed by atoms with E-state index in [1.807, 2.05) is 23.6 Å². The number of aromatic nitrogens is 1. The molecule has 0 saturated heterocycles. The van der Waals surface area contributed by atoms with Crippen molar-refractivity contribution in [3.63, 3.8) is 0 Å². The van der Waals surface area contributed by atoms with Crippen molar-refractivity contribution in [3.05, 3.63) is 44.3 Å². The number of aliphatic hydroxyl groups excluding tert-OH is 1. The fourth-order valence-electron chi connectivity index (χ4n) is 1.78. The molecule has 3 nitrogen and oxygen atoms in total. The highest BCUT2D eigenvalue weighted by atomic mass is 79.9. The summed E-state index contributed by atoms with van der Waals surface area (Å²) >= 11 is 5.06. The first-order valence-electron chi connectivity index (χ1n) is 6.52. The van der Waals surface area contributed by atoms with E-state index < -0.39 is 6.10 Å². The molecule has 20 heavy (non-hydrogen) atoms. The van der Waals surface area contributed by atoms with E-state index in [4.69, 9.17) is 4.74 Å². The molecule has 1 atom stereocenters. The molecular formula is C15H18BrNO2S. The molecule has 0 saturated carbocycles. The lowest BCUT2D eigenvalue weighted by Crippen LogP contribution is -2.01. The van der Waals surface area contributed by atoms with Gasteiger partial charge in [-0.25, -0.2) is 4.98 Å². The Bertz CT molecular complexity index is 581. The molecule has 2 rings (SSSR count). The molecule has 0 amide bonds. The monoisotopic (exact) mass is 355 g/mol. The van der Waals surface area contributed by atoms with Crippen LogP contribution in [-0.2, 0) is 6.61 Å². The van der Waals surface area contributed by atoms with Crippen molar-refractivity contribution in [3.8, 4) is 5.75 Å². The van der Waals surface area contributed by atoms with Gasteiger partial charge in [-0.1, -0.05) is 29.8 Å². The van der Waals surface area contributed by atoms with Gasteiger partial charge in [-0.05, 0) is 25.1 Å². The van der Waals surface area contributed by atoms with Crippen molar-refractivity contribution in [2.75, 3.05) is 0 Å². The number of aliphatic hydroxyl groups is 1. The van der Waals surface area contributed by atoms with Crippen molar-refractivity contribution in [2.24, 2.45) is 0 Å². The first kappa shape index (κ1) is 15.5. The number of hydrogen-bond donors (Lipinski definition) is 1. The zero-order valence-corrected chi connectivity index (χ0v) is 14.2. The molecule has 108 valence electrons. The Morgan fingerprint density at radius 1 is 1.35 bits per heavy atom. The SMILES string of the molecule is CC(C)c1nc(COc2ccc(Br)cc2[C@@H](C)O)cs1. The van der Waals surface area contributed by atoms with Crippen LogP contribution in [0.1, 0.15) is 49.1 Å². The van der Waals surface area contributed by atoms with Crippen molar-refractivity contribution < 1.29 is 9.84 Å². The molecule has 0 radical (unpaired) electrons. The molecule has 0 fully saturated rings. The van der Waals surface area contributed by atoms with Gasteiger partial charge in [0.15, 0.2) is 0 Å². The van der Waals surface area contributed by atoms with Gasteiger partial charge in [0.2, 0.25) is 0 Å². The molecule has 0 aliphatic carbocycles. The molecule has 1 heterocycles. The van der Waals surface area contributed by atoms with Gasteiger partial charge in [-0.2, -0.15) is 0 Å². The predicted octanol–water partition coefficient (Wildman–Crippen LogP) is 4.66. The summed E-state index contributed by atoms with van der Waals surface area (Å²) in [6.45, 7) is 6.41. The molecule has 1 aromatic carbocycles. The Labute approximate surface area is 131 Å². The summed E-state index contributed by atoms with van der Waals surface area (Å²) in [4.78, 5) is 4.54. The highest BCUT2D eigenvalue weighted by Crippen LogP contribution is 2.29. The summed E-state index contributed by atoms with van der Waals surface area (Å²) in [5, 5.41) is 12.9. The standard InChI is InChI=1S/C15H18BrNO2S/c1-9(2)15-17-12(8-20-15)7-19-14-5-4-11(16)6-13(14)10(3)18/h4-6,8-10,18H,7H2,1-3H3/t10-/m1/s1. The van der Waals surface area contributed by atoms with Crippen LogP contribution in [0.25, 0.3) is 0 Å². The van der Waals surface area contributed by atoms with E-state index in [-0.39, 0.29) is 0 Å². The number of hydrogen-bond acceptors (Lipinski definition) is 4. The Balaban J connectivity index is 2.10. The Hall–Kier alpha value is -0.910. The van der Waals surface area contributed by atoms with Gasteiger partial charge in [0, 0.05) is 21.3 Å². The molecule has 1 aromatic heterocycles. The van der Waals surface area contributed by atoms with E-state index in [2.05, 4.69) is 34.8 Å². The number of benzene rings is 1. The Morgan fingerprint density at radius 2 is 2.10 bits per heavy atom. The van der Waals surface area contributed by atoms with E-state index in [1.54, 1.807) is 18.3 Å². The Morgan fingerprint density at radius 3 is 2.70 bits per heavy atom. The maximum absolute atomic E-state index is 9.79. The van der Waals surface area contributed by atoms with Crippen LogP contribution in [0.2, 0.25) is 0 Å². The number of thiazole rings is 1. The minimum absolute atomic E-state index is 0.421. The van der Waals surface area contributed by atoms with Crippen LogP contribution in [0.3, 0.4) is 0 Å². The summed E-state index contributed by atoms with van der Waals surface area (Å²) in [7, 11) is 0. The second-order valence-electron chi connectivity index (χ2n) is 4.98. The summed E-state index contributed by atoms with van der Waals surface area (Å²) in [5.41, 5.74) is 1.71. The summed E-state index contributed by atoms with van der Waals surface area (Å²) in [5.74, 6) is 1.14. The quantitative estimate of drug-likeness (QED) is 0.847. The summed E-state index contributed by atoms with van der Waals surface area (Å²) in [6.07, 6.45) is -0.566. The van der Waals surface area contributed by atoms with Gasteiger partial charge < -0.3 is 9.84 Å². The van der Waals surface area contributed by atoms with Crippen molar-refractivity contribution >= 4 is 27.3 Å². The zero-order valence-electron chi connectivity index (χ0n) is 11.8. The van der Waals surface area contributed by atoms with Crippen molar-refractivity contribution in [1.29, 1.82) is 0 Å². The molecule has 0 aliphatic heterocycles. The summed E-state index contributed by atoms with van der Waals surface area (Å²) in [6, 6.07) is 5.64. The van der Waals surface area contributed by atoms with Crippen LogP contribution < -0.4 is 4.74 Å². The van der Waals surface area contributed by atoms with Crippen LogP contribution in [0.15, 0.2) is 28.1 Å². The molecule has 0 aliphatic rings. The highest BCUT2D eigenvalue weighted by Gasteiger charge is 2.11. The molecule has 5 heteroatoms. The number of halogens is 1. The average molecular weight is 356 g/mol. The minimum atomic E-state index is -0.566. The largest absolute Gasteiger partial charge is 0.487 e. The third kappa shape index (κ3) is 3.81. The molecular weight excluding hydrogens is 338 g/mol.